The maximum absolute atomic E-state index is 11.9. The van der Waals surface area contributed by atoms with Gasteiger partial charge in [-0.2, -0.15) is 0 Å². The Morgan fingerprint density at radius 2 is 1.88 bits per heavy atom. The lowest BCUT2D eigenvalue weighted by Gasteiger charge is -2.05. The fourth-order valence-electron chi connectivity index (χ4n) is 1.49. The number of carbonyl (C=O) groups is 1. The van der Waals surface area contributed by atoms with Crippen molar-refractivity contribution in [2.45, 2.75) is 23.0 Å². The first-order chi connectivity index (χ1) is 8.04. The van der Waals surface area contributed by atoms with Gasteiger partial charge >= 0.3 is 0 Å². The summed E-state index contributed by atoms with van der Waals surface area (Å²) in [5.74, 6) is -0.438. The van der Waals surface area contributed by atoms with Crippen molar-refractivity contribution in [3.8, 4) is 0 Å². The van der Waals surface area contributed by atoms with Crippen molar-refractivity contribution in [1.82, 2.24) is 0 Å². The molecule has 1 aromatic rings. The van der Waals surface area contributed by atoms with Crippen molar-refractivity contribution in [3.05, 3.63) is 24.3 Å². The number of hydrogen-bond donors (Lipinski definition) is 1. The first-order valence-electron chi connectivity index (χ1n) is 5.24. The van der Waals surface area contributed by atoms with Crippen LogP contribution in [0.2, 0.25) is 0 Å². The van der Waals surface area contributed by atoms with E-state index in [9.17, 15) is 13.2 Å². The van der Waals surface area contributed by atoms with Gasteiger partial charge in [-0.15, -0.1) is 11.6 Å². The van der Waals surface area contributed by atoms with Gasteiger partial charge in [0, 0.05) is 5.69 Å². The number of sulfone groups is 1. The monoisotopic (exact) mass is 273 g/mol. The third kappa shape index (κ3) is 2.79. The number of halogens is 1. The fourth-order valence-corrected chi connectivity index (χ4v) is 3.22. The molecular weight excluding hydrogens is 262 g/mol. The van der Waals surface area contributed by atoms with Crippen molar-refractivity contribution in [2.75, 3.05) is 11.2 Å². The Morgan fingerprint density at radius 1 is 1.29 bits per heavy atom. The van der Waals surface area contributed by atoms with Crippen LogP contribution in [0.25, 0.3) is 0 Å². The Bertz CT molecular complexity index is 520. The molecule has 1 aliphatic rings. The molecule has 4 nitrogen and oxygen atoms in total. The number of amides is 1. The molecule has 17 heavy (non-hydrogen) atoms. The predicted octanol–water partition coefficient (Wildman–Crippen LogP) is 1.80. The molecule has 0 atom stereocenters. The average Bonchev–Trinajstić information content (AvgIpc) is 3.13. The number of alkyl halides is 1. The lowest BCUT2D eigenvalue weighted by atomic mass is 10.3. The quantitative estimate of drug-likeness (QED) is 0.851. The largest absolute Gasteiger partial charge is 0.325 e. The van der Waals surface area contributed by atoms with Crippen LogP contribution in [0.1, 0.15) is 12.8 Å². The summed E-state index contributed by atoms with van der Waals surface area (Å²) < 4.78 is 23.8. The van der Waals surface area contributed by atoms with E-state index >= 15 is 0 Å². The summed E-state index contributed by atoms with van der Waals surface area (Å²) in [6.07, 6.45) is 1.49. The van der Waals surface area contributed by atoms with Gasteiger partial charge in [-0.1, -0.05) is 0 Å². The summed E-state index contributed by atoms with van der Waals surface area (Å²) in [7, 11) is -3.16. The molecular formula is C11H12ClNO3S. The summed E-state index contributed by atoms with van der Waals surface area (Å²) in [5, 5.41) is 2.33. The maximum atomic E-state index is 11.9. The van der Waals surface area contributed by atoms with E-state index in [0.29, 0.717) is 10.6 Å². The molecule has 0 unspecified atom stereocenters. The SMILES string of the molecule is O=C(CCl)Nc1ccc(S(=O)(=O)C2CC2)cc1. The first kappa shape index (κ1) is 12.4. The molecule has 6 heteroatoms. The Balaban J connectivity index is 2.15. The Morgan fingerprint density at radius 3 is 2.35 bits per heavy atom. The van der Waals surface area contributed by atoms with Crippen LogP contribution < -0.4 is 5.32 Å². The average molecular weight is 274 g/mol. The Labute approximate surface area is 105 Å². The van der Waals surface area contributed by atoms with Gasteiger partial charge in [0.25, 0.3) is 0 Å². The smallest absolute Gasteiger partial charge is 0.239 e. The van der Waals surface area contributed by atoms with Crippen LogP contribution in [0.5, 0.6) is 0 Å². The normalized spacial score (nSPS) is 15.6. The lowest BCUT2D eigenvalue weighted by molar-refractivity contribution is -0.113. The van der Waals surface area contributed by atoms with E-state index in [1.54, 1.807) is 12.1 Å². The number of hydrogen-bond acceptors (Lipinski definition) is 3. The summed E-state index contributed by atoms with van der Waals surface area (Å²) >= 11 is 5.35. The summed E-state index contributed by atoms with van der Waals surface area (Å²) in [5.41, 5.74) is 0.547. The van der Waals surface area contributed by atoms with E-state index in [4.69, 9.17) is 11.6 Å². The molecule has 0 bridgehead atoms. The van der Waals surface area contributed by atoms with E-state index in [1.165, 1.54) is 12.1 Å². The zero-order chi connectivity index (χ0) is 12.5. The van der Waals surface area contributed by atoms with Crippen LogP contribution in [0.15, 0.2) is 29.2 Å². The molecule has 0 heterocycles. The van der Waals surface area contributed by atoms with Crippen molar-refractivity contribution < 1.29 is 13.2 Å². The van der Waals surface area contributed by atoms with Crippen LogP contribution >= 0.6 is 11.6 Å². The highest BCUT2D eigenvalue weighted by Crippen LogP contribution is 2.33. The lowest BCUT2D eigenvalue weighted by Crippen LogP contribution is -2.13. The molecule has 1 amide bonds. The standard InChI is InChI=1S/C11H12ClNO3S/c12-7-11(14)13-8-1-3-9(4-2-8)17(15,16)10-5-6-10/h1-4,10H,5-7H2,(H,13,14). The molecule has 0 aliphatic heterocycles. The first-order valence-corrected chi connectivity index (χ1v) is 7.32. The second-order valence-electron chi connectivity index (χ2n) is 3.95. The van der Waals surface area contributed by atoms with Gasteiger partial charge in [0.15, 0.2) is 9.84 Å². The van der Waals surface area contributed by atoms with Gasteiger partial charge in [-0.25, -0.2) is 8.42 Å². The van der Waals surface area contributed by atoms with E-state index in [1.807, 2.05) is 0 Å². The molecule has 0 saturated heterocycles. The highest BCUT2D eigenvalue weighted by molar-refractivity contribution is 7.92. The summed E-state index contributed by atoms with van der Waals surface area (Å²) in [6.45, 7) is 0. The van der Waals surface area contributed by atoms with Gasteiger partial charge in [0.05, 0.1) is 10.1 Å². The number of carbonyl (C=O) groups excluding carboxylic acids is 1. The highest BCUT2D eigenvalue weighted by atomic mass is 35.5. The molecule has 1 N–H and O–H groups in total. The van der Waals surface area contributed by atoms with Crippen LogP contribution in [0.3, 0.4) is 0 Å². The zero-order valence-corrected chi connectivity index (χ0v) is 10.6. The number of nitrogens with one attached hydrogen (secondary N) is 1. The van der Waals surface area contributed by atoms with E-state index in [0.717, 1.165) is 12.8 Å². The highest BCUT2D eigenvalue weighted by Gasteiger charge is 2.36. The van der Waals surface area contributed by atoms with Crippen LogP contribution in [-0.2, 0) is 14.6 Å². The number of anilines is 1. The second kappa shape index (κ2) is 4.66. The molecule has 1 aliphatic carbocycles. The van der Waals surface area contributed by atoms with Gasteiger partial charge < -0.3 is 5.32 Å². The van der Waals surface area contributed by atoms with Crippen LogP contribution in [0, 0.1) is 0 Å². The number of benzene rings is 1. The van der Waals surface area contributed by atoms with E-state index < -0.39 is 9.84 Å². The molecule has 0 radical (unpaired) electrons. The van der Waals surface area contributed by atoms with Gasteiger partial charge in [0.2, 0.25) is 5.91 Å². The topological polar surface area (TPSA) is 63.2 Å². The molecule has 1 fully saturated rings. The summed E-state index contributed by atoms with van der Waals surface area (Å²) in [4.78, 5) is 11.3. The van der Waals surface area contributed by atoms with Crippen molar-refractivity contribution in [2.24, 2.45) is 0 Å². The van der Waals surface area contributed by atoms with Gasteiger partial charge in [-0.3, -0.25) is 4.79 Å². The van der Waals surface area contributed by atoms with Crippen LogP contribution in [0.4, 0.5) is 5.69 Å². The Hall–Kier alpha value is -1.07. The minimum Gasteiger partial charge on any atom is -0.325 e. The van der Waals surface area contributed by atoms with Crippen molar-refractivity contribution in [3.63, 3.8) is 0 Å². The van der Waals surface area contributed by atoms with Crippen LogP contribution in [-0.4, -0.2) is 25.5 Å². The minimum absolute atomic E-state index is 0.123. The molecule has 1 aromatic carbocycles. The maximum Gasteiger partial charge on any atom is 0.239 e. The van der Waals surface area contributed by atoms with E-state index in [2.05, 4.69) is 5.32 Å². The molecule has 1 saturated carbocycles. The third-order valence-corrected chi connectivity index (χ3v) is 5.07. The summed E-state index contributed by atoms with van der Waals surface area (Å²) in [6, 6.07) is 6.16. The van der Waals surface area contributed by atoms with Crippen molar-refractivity contribution >= 4 is 33.0 Å². The van der Waals surface area contributed by atoms with Gasteiger partial charge in [0.1, 0.15) is 5.88 Å². The Kier molecular flexibility index (Phi) is 3.40. The second-order valence-corrected chi connectivity index (χ2v) is 6.45. The van der Waals surface area contributed by atoms with Crippen molar-refractivity contribution in [1.29, 1.82) is 0 Å². The molecule has 0 spiro atoms. The fraction of sp³-hybridized carbons (Fsp3) is 0.364. The third-order valence-electron chi connectivity index (χ3n) is 2.55. The predicted molar refractivity (Wildman–Crippen MR) is 66.0 cm³/mol. The minimum atomic E-state index is -3.16. The number of rotatable bonds is 4. The molecule has 0 aromatic heterocycles. The van der Waals surface area contributed by atoms with Gasteiger partial charge in [-0.05, 0) is 37.1 Å². The molecule has 2 rings (SSSR count). The molecule has 92 valence electrons. The van der Waals surface area contributed by atoms with E-state index in [-0.39, 0.29) is 17.0 Å². The zero-order valence-electron chi connectivity index (χ0n) is 9.02.